The molecule has 3 heteroatoms. The zero-order chi connectivity index (χ0) is 8.10. The predicted molar refractivity (Wildman–Crippen MR) is 42.2 cm³/mol. The zero-order valence-electron chi connectivity index (χ0n) is 6.88. The number of nitrogens with one attached hydrogen (secondary N) is 1. The van der Waals surface area contributed by atoms with Crippen LogP contribution in [0.5, 0.6) is 0 Å². The summed E-state index contributed by atoms with van der Waals surface area (Å²) in [6.07, 6.45) is 3.05. The highest BCUT2D eigenvalue weighted by Crippen LogP contribution is 2.16. The van der Waals surface area contributed by atoms with Gasteiger partial charge in [-0.2, -0.15) is 0 Å². The third kappa shape index (κ3) is 2.50. The first kappa shape index (κ1) is 8.53. The van der Waals surface area contributed by atoms with Crippen molar-refractivity contribution in [1.82, 2.24) is 5.32 Å². The van der Waals surface area contributed by atoms with Crippen LogP contribution in [0.25, 0.3) is 0 Å². The molecule has 0 aromatic carbocycles. The molecular formula is C8H15NO2. The summed E-state index contributed by atoms with van der Waals surface area (Å²) in [6.45, 7) is 3.69. The van der Waals surface area contributed by atoms with E-state index in [2.05, 4.69) is 5.32 Å². The first-order valence-corrected chi connectivity index (χ1v) is 4.12. The van der Waals surface area contributed by atoms with Crippen molar-refractivity contribution in [2.24, 2.45) is 5.92 Å². The first-order chi connectivity index (χ1) is 5.34. The number of ether oxygens (including phenoxy) is 1. The number of carbonyl (C=O) groups excluding carboxylic acids is 1. The number of rotatable bonds is 3. The molecule has 0 spiro atoms. The summed E-state index contributed by atoms with van der Waals surface area (Å²) in [6, 6.07) is 0.257. The van der Waals surface area contributed by atoms with Gasteiger partial charge in [0.25, 0.3) is 0 Å². The van der Waals surface area contributed by atoms with Crippen molar-refractivity contribution in [2.45, 2.75) is 25.8 Å². The molecule has 1 saturated heterocycles. The van der Waals surface area contributed by atoms with Gasteiger partial charge in [0.2, 0.25) is 6.41 Å². The molecule has 1 N–H and O–H groups in total. The Bertz CT molecular complexity index is 121. The number of hydrogen-bond acceptors (Lipinski definition) is 2. The van der Waals surface area contributed by atoms with Crippen LogP contribution in [0.4, 0.5) is 0 Å². The Balaban J connectivity index is 2.26. The second-order valence-corrected chi connectivity index (χ2v) is 3.05. The minimum Gasteiger partial charge on any atom is -0.381 e. The number of amides is 1. The largest absolute Gasteiger partial charge is 0.381 e. The van der Waals surface area contributed by atoms with E-state index in [1.165, 1.54) is 6.42 Å². The minimum absolute atomic E-state index is 0.257. The maximum atomic E-state index is 10.1. The molecule has 0 saturated carbocycles. The van der Waals surface area contributed by atoms with E-state index in [1.54, 1.807) is 0 Å². The van der Waals surface area contributed by atoms with Crippen LogP contribution in [0.1, 0.15) is 19.8 Å². The smallest absolute Gasteiger partial charge is 0.207 e. The molecule has 1 heterocycles. The van der Waals surface area contributed by atoms with Crippen molar-refractivity contribution in [1.29, 1.82) is 0 Å². The van der Waals surface area contributed by atoms with E-state index in [9.17, 15) is 4.79 Å². The average molecular weight is 157 g/mol. The lowest BCUT2D eigenvalue weighted by atomic mass is 9.95. The summed E-state index contributed by atoms with van der Waals surface area (Å²) < 4.78 is 5.29. The molecule has 3 nitrogen and oxygen atoms in total. The van der Waals surface area contributed by atoms with E-state index in [-0.39, 0.29) is 6.04 Å². The van der Waals surface area contributed by atoms with Gasteiger partial charge in [0.1, 0.15) is 0 Å². The SMILES string of the molecule is CC(NC=O)C1CCCOC1. The van der Waals surface area contributed by atoms with Crippen molar-refractivity contribution < 1.29 is 9.53 Å². The molecule has 11 heavy (non-hydrogen) atoms. The topological polar surface area (TPSA) is 38.3 Å². The van der Waals surface area contributed by atoms with E-state index in [0.717, 1.165) is 26.0 Å². The quantitative estimate of drug-likeness (QED) is 0.607. The fourth-order valence-corrected chi connectivity index (χ4v) is 1.40. The maximum Gasteiger partial charge on any atom is 0.207 e. The van der Waals surface area contributed by atoms with E-state index in [0.29, 0.717) is 5.92 Å². The van der Waals surface area contributed by atoms with Gasteiger partial charge in [0.05, 0.1) is 6.61 Å². The Morgan fingerprint density at radius 1 is 1.73 bits per heavy atom. The molecule has 1 aliphatic heterocycles. The van der Waals surface area contributed by atoms with Crippen molar-refractivity contribution in [2.75, 3.05) is 13.2 Å². The van der Waals surface area contributed by atoms with Gasteiger partial charge < -0.3 is 10.1 Å². The Kier molecular flexibility index (Phi) is 3.36. The van der Waals surface area contributed by atoms with E-state index < -0.39 is 0 Å². The molecule has 0 aromatic heterocycles. The van der Waals surface area contributed by atoms with Crippen LogP contribution in [-0.4, -0.2) is 25.7 Å². The van der Waals surface area contributed by atoms with E-state index in [1.807, 2.05) is 6.92 Å². The van der Waals surface area contributed by atoms with Crippen LogP contribution in [0.2, 0.25) is 0 Å². The van der Waals surface area contributed by atoms with Gasteiger partial charge in [0.15, 0.2) is 0 Å². The predicted octanol–water partition coefficient (Wildman–Crippen LogP) is 0.548. The van der Waals surface area contributed by atoms with Gasteiger partial charge >= 0.3 is 0 Å². The molecular weight excluding hydrogens is 142 g/mol. The van der Waals surface area contributed by atoms with Crippen LogP contribution in [-0.2, 0) is 9.53 Å². The maximum absolute atomic E-state index is 10.1. The summed E-state index contributed by atoms with van der Waals surface area (Å²) >= 11 is 0. The highest BCUT2D eigenvalue weighted by molar-refractivity contribution is 5.46. The highest BCUT2D eigenvalue weighted by atomic mass is 16.5. The average Bonchev–Trinajstić information content (AvgIpc) is 2.07. The third-order valence-electron chi connectivity index (χ3n) is 2.23. The Labute approximate surface area is 67.1 Å². The van der Waals surface area contributed by atoms with Gasteiger partial charge in [-0.3, -0.25) is 4.79 Å². The van der Waals surface area contributed by atoms with E-state index in [4.69, 9.17) is 4.74 Å². The number of carbonyl (C=O) groups is 1. The summed E-state index contributed by atoms with van der Waals surface area (Å²) in [5.41, 5.74) is 0. The lowest BCUT2D eigenvalue weighted by molar-refractivity contribution is -0.110. The Morgan fingerprint density at radius 3 is 3.09 bits per heavy atom. The highest BCUT2D eigenvalue weighted by Gasteiger charge is 2.19. The van der Waals surface area contributed by atoms with Gasteiger partial charge in [0, 0.05) is 18.6 Å². The number of hydrogen-bond donors (Lipinski definition) is 1. The van der Waals surface area contributed by atoms with Crippen LogP contribution in [0.15, 0.2) is 0 Å². The lowest BCUT2D eigenvalue weighted by Gasteiger charge is -2.26. The van der Waals surface area contributed by atoms with Gasteiger partial charge in [-0.1, -0.05) is 0 Å². The standard InChI is InChI=1S/C8H15NO2/c1-7(9-6-10)8-3-2-4-11-5-8/h6-8H,2-5H2,1H3,(H,9,10). The van der Waals surface area contributed by atoms with Crippen molar-refractivity contribution in [3.8, 4) is 0 Å². The van der Waals surface area contributed by atoms with Crippen molar-refractivity contribution >= 4 is 6.41 Å². The first-order valence-electron chi connectivity index (χ1n) is 4.12. The molecule has 0 bridgehead atoms. The Morgan fingerprint density at radius 2 is 2.55 bits per heavy atom. The summed E-state index contributed by atoms with van der Waals surface area (Å²) in [4.78, 5) is 10.1. The third-order valence-corrected chi connectivity index (χ3v) is 2.23. The fraction of sp³-hybridized carbons (Fsp3) is 0.875. The fourth-order valence-electron chi connectivity index (χ4n) is 1.40. The molecule has 2 unspecified atom stereocenters. The minimum atomic E-state index is 0.257. The van der Waals surface area contributed by atoms with Crippen LogP contribution in [0.3, 0.4) is 0 Å². The van der Waals surface area contributed by atoms with Gasteiger partial charge in [-0.05, 0) is 19.8 Å². The molecule has 64 valence electrons. The molecule has 0 aromatic rings. The normalized spacial score (nSPS) is 27.5. The van der Waals surface area contributed by atoms with Crippen LogP contribution in [0, 0.1) is 5.92 Å². The summed E-state index contributed by atoms with van der Waals surface area (Å²) in [5, 5.41) is 2.75. The molecule has 1 rings (SSSR count). The lowest BCUT2D eigenvalue weighted by Crippen LogP contribution is -2.37. The summed E-state index contributed by atoms with van der Waals surface area (Å²) in [7, 11) is 0. The Hall–Kier alpha value is -0.570. The second-order valence-electron chi connectivity index (χ2n) is 3.05. The van der Waals surface area contributed by atoms with Gasteiger partial charge in [-0.25, -0.2) is 0 Å². The molecule has 1 aliphatic rings. The van der Waals surface area contributed by atoms with Crippen LogP contribution >= 0.6 is 0 Å². The molecule has 0 aliphatic carbocycles. The van der Waals surface area contributed by atoms with Gasteiger partial charge in [-0.15, -0.1) is 0 Å². The van der Waals surface area contributed by atoms with Crippen molar-refractivity contribution in [3.63, 3.8) is 0 Å². The zero-order valence-corrected chi connectivity index (χ0v) is 6.88. The summed E-state index contributed by atoms with van der Waals surface area (Å²) in [5.74, 6) is 0.508. The molecule has 1 amide bonds. The second kappa shape index (κ2) is 4.34. The molecule has 1 fully saturated rings. The molecule has 2 atom stereocenters. The van der Waals surface area contributed by atoms with E-state index >= 15 is 0 Å². The van der Waals surface area contributed by atoms with Crippen molar-refractivity contribution in [3.05, 3.63) is 0 Å². The molecule has 0 radical (unpaired) electrons. The van der Waals surface area contributed by atoms with Crippen LogP contribution < -0.4 is 5.32 Å². The monoisotopic (exact) mass is 157 g/mol.